The minimum Gasteiger partial charge on any atom is -0.144 e. The molecule has 0 aliphatic heterocycles. The van der Waals surface area contributed by atoms with Gasteiger partial charge in [0.1, 0.15) is 0 Å². The number of fused-ring (bicyclic) bond motifs is 2. The first kappa shape index (κ1) is 8.01. The Morgan fingerprint density at radius 1 is 1.00 bits per heavy atom. The molecule has 3 rings (SSSR count). The summed E-state index contributed by atoms with van der Waals surface area (Å²) in [4.78, 5) is 1.41. The molecule has 0 saturated carbocycles. The van der Waals surface area contributed by atoms with Crippen LogP contribution in [0.2, 0.25) is 0 Å². The van der Waals surface area contributed by atoms with Crippen molar-refractivity contribution in [3.8, 4) is 0 Å². The summed E-state index contributed by atoms with van der Waals surface area (Å²) in [6, 6.07) is 10.8. The van der Waals surface area contributed by atoms with Gasteiger partial charge in [-0.15, -0.1) is 11.3 Å². The molecule has 0 unspecified atom stereocenters. The number of thiophene rings is 1. The first-order valence-corrected chi connectivity index (χ1v) is 5.65. The van der Waals surface area contributed by atoms with Crippen LogP contribution in [0, 0.1) is 0 Å². The Bertz CT molecular complexity index is 575. The Morgan fingerprint density at radius 2 is 1.86 bits per heavy atom. The molecular formula is C13H10S. The molecule has 68 valence electrons. The quantitative estimate of drug-likeness (QED) is 0.606. The number of hydrogen-bond donors (Lipinski definition) is 0. The van der Waals surface area contributed by atoms with Crippen molar-refractivity contribution in [2.75, 3.05) is 0 Å². The van der Waals surface area contributed by atoms with Crippen molar-refractivity contribution >= 4 is 23.5 Å². The number of rotatable bonds is 0. The zero-order valence-electron chi connectivity index (χ0n) is 7.73. The van der Waals surface area contributed by atoms with Crippen LogP contribution in [0.4, 0.5) is 0 Å². The summed E-state index contributed by atoms with van der Waals surface area (Å²) in [6.07, 6.45) is 5.66. The summed E-state index contributed by atoms with van der Waals surface area (Å²) >= 11 is 1.83. The third kappa shape index (κ3) is 1.21. The van der Waals surface area contributed by atoms with Crippen molar-refractivity contribution in [2.24, 2.45) is 0 Å². The lowest BCUT2D eigenvalue weighted by molar-refractivity contribution is 1.36. The summed E-state index contributed by atoms with van der Waals surface area (Å²) in [5.41, 5.74) is 1.45. The van der Waals surface area contributed by atoms with Crippen molar-refractivity contribution in [1.82, 2.24) is 0 Å². The van der Waals surface area contributed by atoms with E-state index in [9.17, 15) is 0 Å². The molecule has 0 radical (unpaired) electrons. The van der Waals surface area contributed by atoms with Crippen molar-refractivity contribution in [2.45, 2.75) is 6.42 Å². The Labute approximate surface area is 86.8 Å². The highest BCUT2D eigenvalue weighted by Gasteiger charge is 2.02. The monoisotopic (exact) mass is 198 g/mol. The van der Waals surface area contributed by atoms with Crippen molar-refractivity contribution < 1.29 is 0 Å². The van der Waals surface area contributed by atoms with Gasteiger partial charge in [0.2, 0.25) is 0 Å². The van der Waals surface area contributed by atoms with E-state index in [1.165, 1.54) is 20.9 Å². The van der Waals surface area contributed by atoms with Crippen LogP contribution in [0.1, 0.15) is 10.4 Å². The molecule has 0 atom stereocenters. The molecule has 0 amide bonds. The molecule has 2 aromatic rings. The summed E-state index contributed by atoms with van der Waals surface area (Å²) < 4.78 is 0. The van der Waals surface area contributed by atoms with Gasteiger partial charge >= 0.3 is 0 Å². The van der Waals surface area contributed by atoms with Gasteiger partial charge < -0.3 is 0 Å². The smallest absolute Gasteiger partial charge is 0.0311 e. The van der Waals surface area contributed by atoms with Crippen molar-refractivity contribution in [1.29, 1.82) is 0 Å². The molecule has 0 saturated heterocycles. The first-order valence-electron chi connectivity index (χ1n) is 4.77. The molecule has 0 spiro atoms. The van der Waals surface area contributed by atoms with Gasteiger partial charge in [-0.2, -0.15) is 0 Å². The molecule has 1 aromatic heterocycles. The van der Waals surface area contributed by atoms with Gasteiger partial charge in [-0.1, -0.05) is 30.3 Å². The van der Waals surface area contributed by atoms with Gasteiger partial charge in [-0.05, 0) is 39.9 Å². The molecule has 0 bridgehead atoms. The molecule has 14 heavy (non-hydrogen) atoms. The average molecular weight is 198 g/mol. The SMILES string of the molecule is C1=c2ccccc2=Cc2sccc2C1. The zero-order chi connectivity index (χ0) is 9.38. The molecule has 0 N–H and O–H groups in total. The van der Waals surface area contributed by atoms with Crippen LogP contribution >= 0.6 is 11.3 Å². The maximum Gasteiger partial charge on any atom is 0.0311 e. The van der Waals surface area contributed by atoms with E-state index in [0.29, 0.717) is 0 Å². The van der Waals surface area contributed by atoms with Crippen LogP contribution in [0.3, 0.4) is 0 Å². The summed E-state index contributed by atoms with van der Waals surface area (Å²) in [6.45, 7) is 0. The largest absolute Gasteiger partial charge is 0.144 e. The van der Waals surface area contributed by atoms with Gasteiger partial charge in [0, 0.05) is 4.88 Å². The number of benzene rings is 1. The lowest BCUT2D eigenvalue weighted by Crippen LogP contribution is -2.22. The molecule has 1 heteroatoms. The van der Waals surface area contributed by atoms with E-state index >= 15 is 0 Å². The number of hydrogen-bond acceptors (Lipinski definition) is 1. The van der Waals surface area contributed by atoms with E-state index in [4.69, 9.17) is 0 Å². The van der Waals surface area contributed by atoms with Crippen LogP contribution in [-0.4, -0.2) is 0 Å². The van der Waals surface area contributed by atoms with Gasteiger partial charge in [-0.25, -0.2) is 0 Å². The predicted molar refractivity (Wildman–Crippen MR) is 61.7 cm³/mol. The van der Waals surface area contributed by atoms with Gasteiger partial charge in [0.05, 0.1) is 0 Å². The fourth-order valence-corrected chi connectivity index (χ4v) is 2.71. The van der Waals surface area contributed by atoms with E-state index in [0.717, 1.165) is 6.42 Å². The van der Waals surface area contributed by atoms with Crippen LogP contribution < -0.4 is 10.4 Å². The Kier molecular flexibility index (Phi) is 1.78. The molecule has 1 aliphatic rings. The lowest BCUT2D eigenvalue weighted by Gasteiger charge is -1.89. The van der Waals surface area contributed by atoms with E-state index in [2.05, 4.69) is 47.9 Å². The Hall–Kier alpha value is -1.34. The second kappa shape index (κ2) is 3.10. The minimum absolute atomic E-state index is 1.06. The molecule has 1 aromatic carbocycles. The summed E-state index contributed by atoms with van der Waals surface area (Å²) in [5.74, 6) is 0. The highest BCUT2D eigenvalue weighted by atomic mass is 32.1. The highest BCUT2D eigenvalue weighted by molar-refractivity contribution is 7.11. The van der Waals surface area contributed by atoms with Gasteiger partial charge in [0.25, 0.3) is 0 Å². The molecule has 1 heterocycles. The van der Waals surface area contributed by atoms with E-state index < -0.39 is 0 Å². The highest BCUT2D eigenvalue weighted by Crippen LogP contribution is 2.18. The van der Waals surface area contributed by atoms with Crippen LogP contribution in [0.25, 0.3) is 12.2 Å². The fourth-order valence-electron chi connectivity index (χ4n) is 1.83. The van der Waals surface area contributed by atoms with Crippen molar-refractivity contribution in [3.05, 3.63) is 56.6 Å². The predicted octanol–water partition coefficient (Wildman–Crippen LogP) is 1.91. The molecule has 1 aliphatic carbocycles. The van der Waals surface area contributed by atoms with E-state index in [-0.39, 0.29) is 0 Å². The average Bonchev–Trinajstić information content (AvgIpc) is 2.58. The van der Waals surface area contributed by atoms with Crippen LogP contribution in [0.15, 0.2) is 35.7 Å². The normalized spacial score (nSPS) is 13.1. The van der Waals surface area contributed by atoms with Crippen LogP contribution in [0.5, 0.6) is 0 Å². The molecule has 0 fully saturated rings. The van der Waals surface area contributed by atoms with E-state index in [1.54, 1.807) is 0 Å². The van der Waals surface area contributed by atoms with Gasteiger partial charge in [-0.3, -0.25) is 0 Å². The standard InChI is InChI=1S/C13H10S/c1-2-4-12-9-13-11(7-8-14-13)6-5-10(12)3-1/h1-5,7-9H,6H2. The molecule has 0 nitrogen and oxygen atoms in total. The summed E-state index contributed by atoms with van der Waals surface area (Å²) in [7, 11) is 0. The third-order valence-corrected chi connectivity index (χ3v) is 3.51. The maximum absolute atomic E-state index is 2.31. The third-order valence-electron chi connectivity index (χ3n) is 2.61. The van der Waals surface area contributed by atoms with Crippen molar-refractivity contribution in [3.63, 3.8) is 0 Å². The lowest BCUT2D eigenvalue weighted by atomic mass is 10.2. The van der Waals surface area contributed by atoms with Crippen LogP contribution in [-0.2, 0) is 6.42 Å². The maximum atomic E-state index is 2.31. The zero-order valence-corrected chi connectivity index (χ0v) is 8.55. The Balaban J connectivity index is 2.38. The van der Waals surface area contributed by atoms with E-state index in [1.807, 2.05) is 11.3 Å². The Morgan fingerprint density at radius 3 is 2.79 bits per heavy atom. The first-order chi connectivity index (χ1) is 6.93. The van der Waals surface area contributed by atoms with Gasteiger partial charge in [0.15, 0.2) is 0 Å². The topological polar surface area (TPSA) is 0 Å². The second-order valence-electron chi connectivity index (χ2n) is 3.49. The molecular weight excluding hydrogens is 188 g/mol. The summed E-state index contributed by atoms with van der Waals surface area (Å²) in [5, 5.41) is 4.87. The second-order valence-corrected chi connectivity index (χ2v) is 4.44. The fraction of sp³-hybridized carbons (Fsp3) is 0.0769. The minimum atomic E-state index is 1.06.